The van der Waals surface area contributed by atoms with Crippen LogP contribution in [0.25, 0.3) is 0 Å². The van der Waals surface area contributed by atoms with Gasteiger partial charge in [-0.1, -0.05) is 52.4 Å². The van der Waals surface area contributed by atoms with Crippen LogP contribution in [0.1, 0.15) is 168 Å². The molecule has 0 bridgehead atoms. The molecule has 0 aromatic carbocycles. The van der Waals surface area contributed by atoms with Crippen molar-refractivity contribution < 1.29 is 41.1 Å². The van der Waals surface area contributed by atoms with E-state index >= 15 is 0 Å². The normalized spacial score (nSPS) is 21.7. The molecule has 268 valence electrons. The van der Waals surface area contributed by atoms with Crippen molar-refractivity contribution in [3.63, 3.8) is 0 Å². The van der Waals surface area contributed by atoms with Crippen molar-refractivity contribution in [3.8, 4) is 0 Å². The molecule has 1 spiro atoms. The third kappa shape index (κ3) is 17.5. The average Bonchev–Trinajstić information content (AvgIpc) is 3.02. The van der Waals surface area contributed by atoms with Gasteiger partial charge in [-0.15, -0.1) is 0 Å². The fourth-order valence-corrected chi connectivity index (χ4v) is 10.7. The van der Waals surface area contributed by atoms with Gasteiger partial charge in [0.05, 0.1) is 0 Å². The van der Waals surface area contributed by atoms with Gasteiger partial charge in [0.2, 0.25) is 0 Å². The molecule has 2 heterocycles. The maximum absolute atomic E-state index is 13.1. The van der Waals surface area contributed by atoms with E-state index in [0.717, 1.165) is 38.5 Å². The van der Waals surface area contributed by atoms with Gasteiger partial charge in [0.25, 0.3) is 0 Å². The topological polar surface area (TPSA) is 163 Å². The SMILES string of the molecule is CCCCCCCCCCCC(=O)N[C@H]1CCC(=O)[O][Sn]2([O]C(=O)CC[C@@H](NC(=O)CCCCCCCCCCC)C(=O)[O]2)[O]C1=O. The molecule has 0 aromatic heterocycles. The van der Waals surface area contributed by atoms with E-state index in [0.29, 0.717) is 12.8 Å². The van der Waals surface area contributed by atoms with E-state index in [4.69, 9.17) is 12.3 Å². The van der Waals surface area contributed by atoms with Crippen LogP contribution < -0.4 is 10.6 Å². The van der Waals surface area contributed by atoms with Gasteiger partial charge in [0.1, 0.15) is 0 Å². The number of hydrogen-bond donors (Lipinski definition) is 2. The number of carbonyl (C=O) groups is 6. The first kappa shape index (κ1) is 40.8. The van der Waals surface area contributed by atoms with Gasteiger partial charge in [-0.25, -0.2) is 0 Å². The summed E-state index contributed by atoms with van der Waals surface area (Å²) in [4.78, 5) is 76.6. The van der Waals surface area contributed by atoms with Crippen LogP contribution in [0.2, 0.25) is 0 Å². The predicted octanol–water partition coefficient (Wildman–Crippen LogP) is 5.99. The van der Waals surface area contributed by atoms with Gasteiger partial charge < -0.3 is 0 Å². The van der Waals surface area contributed by atoms with Crippen LogP contribution in [0.3, 0.4) is 0 Å². The van der Waals surface area contributed by atoms with E-state index in [-0.39, 0.29) is 50.3 Å². The van der Waals surface area contributed by atoms with Crippen LogP contribution in [0.15, 0.2) is 0 Å². The number of amides is 2. The zero-order valence-electron chi connectivity index (χ0n) is 28.7. The molecular weight excluding hydrogens is 715 g/mol. The number of carbonyl (C=O) groups excluding carboxylic acids is 6. The summed E-state index contributed by atoms with van der Waals surface area (Å²) in [5.74, 6) is -4.48. The summed E-state index contributed by atoms with van der Waals surface area (Å²) in [6, 6.07) is -2.39. The molecule has 0 aromatic rings. The average molecular weight is 774 g/mol. The van der Waals surface area contributed by atoms with Crippen molar-refractivity contribution in [2.75, 3.05) is 0 Å². The predicted molar refractivity (Wildman–Crippen MR) is 176 cm³/mol. The van der Waals surface area contributed by atoms with Gasteiger partial charge in [-0.3, -0.25) is 0 Å². The van der Waals surface area contributed by atoms with E-state index in [1.807, 2.05) is 0 Å². The molecule has 2 N–H and O–H groups in total. The Morgan fingerprint density at radius 1 is 0.532 bits per heavy atom. The quantitative estimate of drug-likeness (QED) is 0.0987. The maximum atomic E-state index is 13.1. The van der Waals surface area contributed by atoms with E-state index in [1.165, 1.54) is 64.2 Å². The number of unbranched alkanes of at least 4 members (excludes halogenated alkanes) is 16. The molecular formula is C34H58N2O10Sn. The van der Waals surface area contributed by atoms with Crippen LogP contribution in [-0.2, 0) is 41.1 Å². The molecule has 47 heavy (non-hydrogen) atoms. The summed E-state index contributed by atoms with van der Waals surface area (Å²) in [5.41, 5.74) is 0. The second-order valence-electron chi connectivity index (χ2n) is 12.8. The molecule has 2 aliphatic heterocycles. The van der Waals surface area contributed by atoms with Crippen LogP contribution in [-0.4, -0.2) is 67.8 Å². The second kappa shape index (κ2) is 23.9. The molecule has 2 rings (SSSR count). The minimum atomic E-state index is -5.94. The van der Waals surface area contributed by atoms with Crippen molar-refractivity contribution in [2.24, 2.45) is 0 Å². The Balaban J connectivity index is 1.85. The number of hydrogen-bond acceptors (Lipinski definition) is 10. The summed E-state index contributed by atoms with van der Waals surface area (Å²) in [7, 11) is 0. The number of nitrogens with one attached hydrogen (secondary N) is 2. The Morgan fingerprint density at radius 3 is 1.19 bits per heavy atom. The van der Waals surface area contributed by atoms with Crippen LogP contribution in [0.5, 0.6) is 0 Å². The molecule has 0 saturated carbocycles. The van der Waals surface area contributed by atoms with Gasteiger partial charge in [0, 0.05) is 0 Å². The van der Waals surface area contributed by atoms with Crippen molar-refractivity contribution in [2.45, 2.75) is 180 Å². The van der Waals surface area contributed by atoms with Crippen molar-refractivity contribution >= 4 is 55.7 Å². The second-order valence-corrected chi connectivity index (χ2v) is 17.9. The first-order valence-electron chi connectivity index (χ1n) is 18.2. The summed E-state index contributed by atoms with van der Waals surface area (Å²) >= 11 is -5.94. The van der Waals surface area contributed by atoms with Crippen molar-refractivity contribution in [3.05, 3.63) is 0 Å². The Hall–Kier alpha value is -2.38. The van der Waals surface area contributed by atoms with Gasteiger partial charge in [-0.2, -0.15) is 0 Å². The molecule has 12 nitrogen and oxygen atoms in total. The molecule has 2 saturated heterocycles. The van der Waals surface area contributed by atoms with Crippen LogP contribution in [0.4, 0.5) is 0 Å². The minimum absolute atomic E-state index is 0.0808. The Bertz CT molecular complexity index is 929. The van der Waals surface area contributed by atoms with Gasteiger partial charge in [-0.05, 0) is 0 Å². The fraction of sp³-hybridized carbons (Fsp3) is 0.824. The monoisotopic (exact) mass is 774 g/mol. The summed E-state index contributed by atoms with van der Waals surface area (Å²) in [5, 5.41) is 5.21. The zero-order valence-corrected chi connectivity index (χ0v) is 31.6. The van der Waals surface area contributed by atoms with Gasteiger partial charge in [0.15, 0.2) is 0 Å². The van der Waals surface area contributed by atoms with E-state index in [9.17, 15) is 28.8 Å². The Morgan fingerprint density at radius 2 is 0.851 bits per heavy atom. The van der Waals surface area contributed by atoms with E-state index < -0.39 is 56.0 Å². The van der Waals surface area contributed by atoms with Crippen LogP contribution >= 0.6 is 0 Å². The molecule has 1 unspecified atom stereocenters. The van der Waals surface area contributed by atoms with Crippen molar-refractivity contribution in [1.29, 1.82) is 0 Å². The standard InChI is InChI=1S/2C17H31NO5.Sn/c2*1-2-3-4-5-6-7-8-9-10-11-15(19)18-14(17(22)23)12-13-16(20)21;/h2*14H,2-13H2,1H3,(H,18,19)(H,20,21)(H,22,23);/q;;+4/p-4/t2*14-;/m10./s1. The van der Waals surface area contributed by atoms with Crippen LogP contribution in [0, 0.1) is 0 Å². The third-order valence-corrected chi connectivity index (χ3v) is 13.8. The van der Waals surface area contributed by atoms with Crippen molar-refractivity contribution in [1.82, 2.24) is 10.6 Å². The van der Waals surface area contributed by atoms with E-state index in [2.05, 4.69) is 24.5 Å². The summed E-state index contributed by atoms with van der Waals surface area (Å²) in [6.07, 6.45) is 19.4. The summed E-state index contributed by atoms with van der Waals surface area (Å²) in [6.45, 7) is 4.38. The van der Waals surface area contributed by atoms with E-state index in [1.54, 1.807) is 0 Å². The van der Waals surface area contributed by atoms with Gasteiger partial charge >= 0.3 is 235 Å². The summed E-state index contributed by atoms with van der Waals surface area (Å²) < 4.78 is 21.3. The Labute approximate surface area is 286 Å². The Kier molecular flexibility index (Phi) is 20.7. The fourth-order valence-electron chi connectivity index (χ4n) is 5.64. The third-order valence-electron chi connectivity index (χ3n) is 8.46. The number of rotatable bonds is 22. The molecule has 2 aliphatic rings. The zero-order chi connectivity index (χ0) is 34.3. The molecule has 3 atom stereocenters. The molecule has 0 radical (unpaired) electrons. The molecule has 0 aliphatic carbocycles. The molecule has 2 fully saturated rings. The molecule has 13 heteroatoms. The molecule has 2 amide bonds. The first-order valence-corrected chi connectivity index (χ1v) is 22.8. The first-order chi connectivity index (χ1) is 22.7.